The van der Waals surface area contributed by atoms with E-state index in [4.69, 9.17) is 0 Å². The van der Waals surface area contributed by atoms with Gasteiger partial charge in [0.05, 0.1) is 5.56 Å². The van der Waals surface area contributed by atoms with Gasteiger partial charge in [0.2, 0.25) is 0 Å². The van der Waals surface area contributed by atoms with Gasteiger partial charge in [-0.1, -0.05) is 58.4 Å². The number of hydrogen-bond acceptors (Lipinski definition) is 2. The maximum atomic E-state index is 13.0. The van der Waals surface area contributed by atoms with Crippen LogP contribution in [-0.2, 0) is 11.0 Å². The van der Waals surface area contributed by atoms with Crippen LogP contribution in [0.2, 0.25) is 0 Å². The Balaban J connectivity index is 1.45. The number of benzene rings is 1. The zero-order chi connectivity index (χ0) is 21.3. The van der Waals surface area contributed by atoms with E-state index in [9.17, 15) is 18.0 Å². The van der Waals surface area contributed by atoms with Crippen molar-refractivity contribution in [2.24, 2.45) is 0 Å². The molecule has 0 N–H and O–H groups in total. The third-order valence-corrected chi connectivity index (χ3v) is 6.48. The van der Waals surface area contributed by atoms with Gasteiger partial charge in [-0.25, -0.2) is 0 Å². The number of pyridine rings is 1. The summed E-state index contributed by atoms with van der Waals surface area (Å²) in [5, 5.41) is 0. The number of rotatable bonds is 3. The van der Waals surface area contributed by atoms with E-state index in [1.807, 2.05) is 23.2 Å². The van der Waals surface area contributed by atoms with Gasteiger partial charge in [-0.15, -0.1) is 0 Å². The first kappa shape index (κ1) is 20.8. The molecule has 3 nitrogen and oxygen atoms in total. The van der Waals surface area contributed by atoms with Crippen molar-refractivity contribution in [1.29, 1.82) is 0 Å². The number of alkyl halides is 4. The van der Waals surface area contributed by atoms with Crippen molar-refractivity contribution in [3.05, 3.63) is 89.3 Å². The first-order chi connectivity index (χ1) is 14.3. The Morgan fingerprint density at radius 2 is 1.97 bits per heavy atom. The highest BCUT2D eigenvalue weighted by molar-refractivity contribution is 9.09. The summed E-state index contributed by atoms with van der Waals surface area (Å²) >= 11 is 3.54. The first-order valence-electron chi connectivity index (χ1n) is 9.73. The summed E-state index contributed by atoms with van der Waals surface area (Å²) in [4.78, 5) is 18.7. The number of hydrogen-bond donors (Lipinski definition) is 0. The van der Waals surface area contributed by atoms with E-state index in [0.717, 1.165) is 18.1 Å². The number of carbonyl (C=O) groups excluding carboxylic acids is 1. The van der Waals surface area contributed by atoms with E-state index in [1.165, 1.54) is 12.1 Å². The van der Waals surface area contributed by atoms with Gasteiger partial charge >= 0.3 is 6.18 Å². The molecule has 2 aromatic rings. The Kier molecular flexibility index (Phi) is 5.82. The second-order valence-electron chi connectivity index (χ2n) is 7.60. The molecule has 1 aromatic heterocycles. The molecule has 0 saturated carbocycles. The van der Waals surface area contributed by atoms with Gasteiger partial charge in [0.1, 0.15) is 0 Å². The van der Waals surface area contributed by atoms with Gasteiger partial charge in [-0.3, -0.25) is 9.78 Å². The van der Waals surface area contributed by atoms with Gasteiger partial charge in [0.15, 0.2) is 0 Å². The molecule has 1 aromatic carbocycles. The molecular weight excluding hydrogens is 457 g/mol. The van der Waals surface area contributed by atoms with Gasteiger partial charge in [-0.2, -0.15) is 13.2 Å². The van der Waals surface area contributed by atoms with Crippen LogP contribution in [0.25, 0.3) is 0 Å². The largest absolute Gasteiger partial charge is 0.416 e. The minimum atomic E-state index is -4.38. The van der Waals surface area contributed by atoms with Crippen molar-refractivity contribution < 1.29 is 18.0 Å². The summed E-state index contributed by atoms with van der Waals surface area (Å²) in [6.45, 7) is 1.31. The molecule has 156 valence electrons. The van der Waals surface area contributed by atoms with Gasteiger partial charge in [0.25, 0.3) is 5.91 Å². The van der Waals surface area contributed by atoms with Crippen LogP contribution in [-0.4, -0.2) is 33.7 Å². The number of carbonyl (C=O) groups is 1. The Morgan fingerprint density at radius 1 is 1.17 bits per heavy atom. The Bertz CT molecular complexity index is 987. The lowest BCUT2D eigenvalue weighted by atomic mass is 9.89. The fraction of sp³-hybridized carbons (Fsp3) is 0.304. The van der Waals surface area contributed by atoms with Crippen molar-refractivity contribution >= 4 is 21.8 Å². The predicted octanol–water partition coefficient (Wildman–Crippen LogP) is 5.46. The number of aromatic nitrogens is 1. The van der Waals surface area contributed by atoms with Gasteiger partial charge < -0.3 is 4.90 Å². The average Bonchev–Trinajstić information content (AvgIpc) is 3.23. The summed E-state index contributed by atoms with van der Waals surface area (Å²) in [7, 11) is 0. The molecule has 30 heavy (non-hydrogen) atoms. The van der Waals surface area contributed by atoms with Crippen LogP contribution in [0.5, 0.6) is 0 Å². The predicted molar refractivity (Wildman–Crippen MR) is 112 cm³/mol. The molecule has 7 heteroatoms. The molecule has 0 radical (unpaired) electrons. The first-order valence-corrected chi connectivity index (χ1v) is 10.6. The van der Waals surface area contributed by atoms with E-state index in [0.29, 0.717) is 24.2 Å². The molecular formula is C23H20BrF3N2O. The number of likely N-dealkylation sites (tertiary alicyclic amines) is 1. The monoisotopic (exact) mass is 476 g/mol. The highest BCUT2D eigenvalue weighted by atomic mass is 79.9. The van der Waals surface area contributed by atoms with Crippen LogP contribution in [0.4, 0.5) is 13.2 Å². The number of allylic oxidation sites excluding steroid dienone is 2. The smallest absolute Gasteiger partial charge is 0.338 e. The molecule has 1 aliphatic heterocycles. The fourth-order valence-electron chi connectivity index (χ4n) is 4.02. The Morgan fingerprint density at radius 3 is 2.67 bits per heavy atom. The van der Waals surface area contributed by atoms with E-state index >= 15 is 0 Å². The second-order valence-corrected chi connectivity index (χ2v) is 8.66. The van der Waals surface area contributed by atoms with Crippen molar-refractivity contribution in [2.45, 2.75) is 29.3 Å². The van der Waals surface area contributed by atoms with Crippen molar-refractivity contribution in [3.63, 3.8) is 0 Å². The third-order valence-electron chi connectivity index (χ3n) is 5.64. The van der Waals surface area contributed by atoms with E-state index in [1.54, 1.807) is 30.5 Å². The van der Waals surface area contributed by atoms with Crippen molar-refractivity contribution in [3.8, 4) is 0 Å². The van der Waals surface area contributed by atoms with Crippen LogP contribution in [0.3, 0.4) is 0 Å². The van der Waals surface area contributed by atoms with Crippen LogP contribution < -0.4 is 0 Å². The summed E-state index contributed by atoms with van der Waals surface area (Å²) in [6.07, 6.45) is 5.40. The van der Waals surface area contributed by atoms with Crippen LogP contribution in [0.15, 0.2) is 72.6 Å². The lowest BCUT2D eigenvalue weighted by Crippen LogP contribution is -2.30. The summed E-state index contributed by atoms with van der Waals surface area (Å²) in [5.74, 6) is -0.0522. The quantitative estimate of drug-likeness (QED) is 0.551. The topological polar surface area (TPSA) is 33.2 Å². The number of nitrogens with zero attached hydrogens (tertiary/aromatic N) is 2. The molecule has 2 aliphatic rings. The summed E-state index contributed by atoms with van der Waals surface area (Å²) in [5.41, 5.74) is 1.58. The normalized spacial score (nSPS) is 24.1. The van der Waals surface area contributed by atoms with E-state index in [-0.39, 0.29) is 22.6 Å². The Hall–Kier alpha value is -2.41. The zero-order valence-corrected chi connectivity index (χ0v) is 17.6. The minimum absolute atomic E-state index is 0.0513. The molecule has 1 saturated heterocycles. The fourth-order valence-corrected chi connectivity index (χ4v) is 4.79. The lowest BCUT2D eigenvalue weighted by molar-refractivity contribution is -0.137. The maximum absolute atomic E-state index is 13.0. The summed E-state index contributed by atoms with van der Waals surface area (Å²) in [6, 6.07) is 9.26. The molecule has 0 bridgehead atoms. The standard InChI is InChI=1S/C23H20BrF3N2O/c24-21-12-16(6-7-20(21)15-3-1-5-19(11-15)23(25,26)27)22(30)29-10-8-18(14-29)17-4-2-9-28-13-17/h1-7,9,11-13,18,20-21H,8,10,14H2. The Labute approximate surface area is 181 Å². The molecule has 2 heterocycles. The maximum Gasteiger partial charge on any atom is 0.416 e. The molecule has 4 rings (SSSR count). The number of amides is 1. The third kappa shape index (κ3) is 4.36. The highest BCUT2D eigenvalue weighted by Gasteiger charge is 2.33. The van der Waals surface area contributed by atoms with Gasteiger partial charge in [-0.05, 0) is 29.7 Å². The van der Waals surface area contributed by atoms with Crippen molar-refractivity contribution in [1.82, 2.24) is 9.88 Å². The van der Waals surface area contributed by atoms with Crippen LogP contribution in [0.1, 0.15) is 34.9 Å². The zero-order valence-electron chi connectivity index (χ0n) is 16.0. The minimum Gasteiger partial charge on any atom is -0.338 e. The lowest BCUT2D eigenvalue weighted by Gasteiger charge is -2.25. The molecule has 1 aliphatic carbocycles. The van der Waals surface area contributed by atoms with Crippen LogP contribution in [0, 0.1) is 0 Å². The second kappa shape index (κ2) is 8.38. The van der Waals surface area contributed by atoms with Crippen LogP contribution >= 0.6 is 15.9 Å². The van der Waals surface area contributed by atoms with Crippen molar-refractivity contribution in [2.75, 3.05) is 13.1 Å². The molecule has 3 unspecified atom stereocenters. The van der Waals surface area contributed by atoms with E-state index < -0.39 is 11.7 Å². The molecule has 3 atom stereocenters. The SMILES string of the molecule is O=C(C1=CC(Br)C(c2cccc(C(F)(F)F)c2)C=C1)N1CCC(c2cccnc2)C1. The summed E-state index contributed by atoms with van der Waals surface area (Å²) < 4.78 is 39.1. The molecule has 1 amide bonds. The number of halogens is 4. The molecule has 0 spiro atoms. The average molecular weight is 477 g/mol. The van der Waals surface area contributed by atoms with E-state index in [2.05, 4.69) is 20.9 Å². The van der Waals surface area contributed by atoms with Gasteiger partial charge in [0, 0.05) is 47.7 Å². The molecule has 1 fully saturated rings. The highest BCUT2D eigenvalue weighted by Crippen LogP contribution is 2.37.